The van der Waals surface area contributed by atoms with Gasteiger partial charge in [0, 0.05) is 0 Å². The van der Waals surface area contributed by atoms with Crippen molar-refractivity contribution in [2.75, 3.05) is 13.1 Å². The van der Waals surface area contributed by atoms with Gasteiger partial charge in [0.15, 0.2) is 0 Å². The van der Waals surface area contributed by atoms with Gasteiger partial charge in [-0.05, 0) is 63.7 Å². The van der Waals surface area contributed by atoms with E-state index in [1.54, 1.807) is 0 Å². The van der Waals surface area contributed by atoms with Crippen molar-refractivity contribution in [3.05, 3.63) is 35.4 Å². The minimum atomic E-state index is -0.717. The Morgan fingerprint density at radius 1 is 1.33 bits per heavy atom. The van der Waals surface area contributed by atoms with Crippen LogP contribution in [0, 0.1) is 0 Å². The topological polar surface area (TPSA) is 64.3 Å². The van der Waals surface area contributed by atoms with Crippen LogP contribution in [0.3, 0.4) is 0 Å². The van der Waals surface area contributed by atoms with Gasteiger partial charge in [0.2, 0.25) is 0 Å². The molecule has 3 N–H and O–H groups in total. The summed E-state index contributed by atoms with van der Waals surface area (Å²) in [6.07, 6.45) is 2.26. The van der Waals surface area contributed by atoms with Crippen molar-refractivity contribution in [2.45, 2.75) is 51.2 Å². The fraction of sp³-hybridized carbons (Fsp3) is 0.588. The molecule has 0 amide bonds. The lowest BCUT2D eigenvalue weighted by Crippen LogP contribution is -2.31. The molecule has 1 aliphatic rings. The number of benzene rings is 1. The molecule has 4 nitrogen and oxygen atoms in total. The Hall–Kier alpha value is -1.39. The monoisotopic (exact) mass is 290 g/mol. The molecule has 0 spiro atoms. The summed E-state index contributed by atoms with van der Waals surface area (Å²) in [6, 6.07) is 7.35. The van der Waals surface area contributed by atoms with Gasteiger partial charge in [0.1, 0.15) is 11.6 Å². The first-order chi connectivity index (χ1) is 9.87. The maximum Gasteiger partial charge on any atom is 0.328 e. The van der Waals surface area contributed by atoms with Crippen LogP contribution >= 0.6 is 0 Å². The van der Waals surface area contributed by atoms with Gasteiger partial charge in [0.25, 0.3) is 0 Å². The largest absolute Gasteiger partial charge is 0.459 e. The molecule has 1 aromatic rings. The summed E-state index contributed by atoms with van der Waals surface area (Å²) in [7, 11) is 0. The van der Waals surface area contributed by atoms with E-state index in [1.165, 1.54) is 5.56 Å². The van der Waals surface area contributed by atoms with Crippen LogP contribution in [-0.2, 0) is 9.53 Å². The Morgan fingerprint density at radius 2 is 2.00 bits per heavy atom. The Kier molecular flexibility index (Phi) is 5.01. The van der Waals surface area contributed by atoms with Crippen LogP contribution in [0.1, 0.15) is 56.7 Å². The molecule has 1 saturated heterocycles. The van der Waals surface area contributed by atoms with Crippen LogP contribution in [0.2, 0.25) is 0 Å². The van der Waals surface area contributed by atoms with E-state index in [9.17, 15) is 4.79 Å². The SMILES string of the molecule is CC(C)(C)OC(=O)C(N)c1cccc(C2CCNCC2)c1. The number of esters is 1. The van der Waals surface area contributed by atoms with E-state index in [-0.39, 0.29) is 5.97 Å². The molecule has 1 fully saturated rings. The van der Waals surface area contributed by atoms with Crippen molar-refractivity contribution in [3.8, 4) is 0 Å². The van der Waals surface area contributed by atoms with E-state index >= 15 is 0 Å². The van der Waals surface area contributed by atoms with Crippen LogP contribution in [0.4, 0.5) is 0 Å². The third kappa shape index (κ3) is 4.55. The summed E-state index contributed by atoms with van der Waals surface area (Å²) in [5.41, 5.74) is 7.65. The maximum absolute atomic E-state index is 12.1. The van der Waals surface area contributed by atoms with Crippen molar-refractivity contribution in [1.82, 2.24) is 5.32 Å². The summed E-state index contributed by atoms with van der Waals surface area (Å²) in [6.45, 7) is 7.65. The van der Waals surface area contributed by atoms with Crippen LogP contribution in [0.25, 0.3) is 0 Å². The Morgan fingerprint density at radius 3 is 2.62 bits per heavy atom. The van der Waals surface area contributed by atoms with Crippen molar-refractivity contribution in [3.63, 3.8) is 0 Å². The minimum absolute atomic E-state index is 0.370. The lowest BCUT2D eigenvalue weighted by atomic mass is 9.88. The molecule has 4 heteroatoms. The second-order valence-electron chi connectivity index (χ2n) is 6.71. The number of piperidine rings is 1. The van der Waals surface area contributed by atoms with Crippen LogP contribution < -0.4 is 11.1 Å². The van der Waals surface area contributed by atoms with Crippen LogP contribution in [0.5, 0.6) is 0 Å². The molecule has 1 atom stereocenters. The maximum atomic E-state index is 12.1. The summed E-state index contributed by atoms with van der Waals surface area (Å²) in [5.74, 6) is 0.182. The van der Waals surface area contributed by atoms with E-state index in [0.717, 1.165) is 31.5 Å². The molecule has 0 radical (unpaired) electrons. The first-order valence-corrected chi connectivity index (χ1v) is 7.66. The number of carbonyl (C=O) groups is 1. The zero-order valence-corrected chi connectivity index (χ0v) is 13.2. The second kappa shape index (κ2) is 6.58. The predicted molar refractivity (Wildman–Crippen MR) is 84.1 cm³/mol. The minimum Gasteiger partial charge on any atom is -0.459 e. The highest BCUT2D eigenvalue weighted by Crippen LogP contribution is 2.27. The van der Waals surface area contributed by atoms with E-state index in [1.807, 2.05) is 32.9 Å². The first-order valence-electron chi connectivity index (χ1n) is 7.66. The van der Waals surface area contributed by atoms with Gasteiger partial charge in [-0.15, -0.1) is 0 Å². The number of carbonyl (C=O) groups excluding carboxylic acids is 1. The van der Waals surface area contributed by atoms with Gasteiger partial charge < -0.3 is 15.8 Å². The zero-order chi connectivity index (χ0) is 15.5. The second-order valence-corrected chi connectivity index (χ2v) is 6.71. The van der Waals surface area contributed by atoms with Crippen molar-refractivity contribution in [1.29, 1.82) is 0 Å². The summed E-state index contributed by atoms with van der Waals surface area (Å²) in [4.78, 5) is 12.1. The molecule has 116 valence electrons. The molecule has 0 bridgehead atoms. The van der Waals surface area contributed by atoms with Crippen molar-refractivity contribution in [2.24, 2.45) is 5.73 Å². The summed E-state index contributed by atoms with van der Waals surface area (Å²) >= 11 is 0. The van der Waals surface area contributed by atoms with Gasteiger partial charge in [-0.2, -0.15) is 0 Å². The third-order valence-electron chi connectivity index (χ3n) is 3.74. The molecule has 0 aromatic heterocycles. The quantitative estimate of drug-likeness (QED) is 0.840. The smallest absolute Gasteiger partial charge is 0.328 e. The molecule has 2 rings (SSSR count). The number of ether oxygens (including phenoxy) is 1. The molecule has 1 unspecified atom stereocenters. The summed E-state index contributed by atoms with van der Waals surface area (Å²) < 4.78 is 5.37. The molecule has 0 saturated carbocycles. The Labute approximate surface area is 127 Å². The average molecular weight is 290 g/mol. The lowest BCUT2D eigenvalue weighted by molar-refractivity contribution is -0.156. The highest BCUT2D eigenvalue weighted by molar-refractivity contribution is 5.77. The standard InChI is InChI=1S/C17H26N2O2/c1-17(2,3)21-16(20)15(18)14-6-4-5-13(11-14)12-7-9-19-10-8-12/h4-6,11-12,15,19H,7-10,18H2,1-3H3. The zero-order valence-electron chi connectivity index (χ0n) is 13.2. The number of nitrogens with one attached hydrogen (secondary N) is 1. The van der Waals surface area contributed by atoms with E-state index in [0.29, 0.717) is 5.92 Å². The molecular weight excluding hydrogens is 264 g/mol. The highest BCUT2D eigenvalue weighted by Gasteiger charge is 2.24. The van der Waals surface area contributed by atoms with Crippen LogP contribution in [0.15, 0.2) is 24.3 Å². The Balaban J connectivity index is 2.10. The fourth-order valence-corrected chi connectivity index (χ4v) is 2.66. The fourth-order valence-electron chi connectivity index (χ4n) is 2.66. The number of hydrogen-bond donors (Lipinski definition) is 2. The van der Waals surface area contributed by atoms with Crippen molar-refractivity contribution >= 4 is 5.97 Å². The average Bonchev–Trinajstić information content (AvgIpc) is 2.46. The van der Waals surface area contributed by atoms with Gasteiger partial charge >= 0.3 is 5.97 Å². The molecule has 0 aliphatic carbocycles. The van der Waals surface area contributed by atoms with Crippen molar-refractivity contribution < 1.29 is 9.53 Å². The molecule has 1 aliphatic heterocycles. The summed E-state index contributed by atoms with van der Waals surface area (Å²) in [5, 5.41) is 3.37. The van der Waals surface area contributed by atoms with Gasteiger partial charge in [-0.3, -0.25) is 0 Å². The first kappa shape index (κ1) is 16.0. The van der Waals surface area contributed by atoms with E-state index < -0.39 is 11.6 Å². The van der Waals surface area contributed by atoms with E-state index in [4.69, 9.17) is 10.5 Å². The van der Waals surface area contributed by atoms with Gasteiger partial charge in [-0.25, -0.2) is 4.79 Å². The number of rotatable bonds is 3. The lowest BCUT2D eigenvalue weighted by Gasteiger charge is -2.25. The van der Waals surface area contributed by atoms with Gasteiger partial charge in [-0.1, -0.05) is 24.3 Å². The highest BCUT2D eigenvalue weighted by atomic mass is 16.6. The van der Waals surface area contributed by atoms with E-state index in [2.05, 4.69) is 17.4 Å². The van der Waals surface area contributed by atoms with Gasteiger partial charge in [0.05, 0.1) is 0 Å². The molecule has 1 heterocycles. The molecular formula is C17H26N2O2. The predicted octanol–water partition coefficient (Wildman–Crippen LogP) is 2.50. The molecule has 21 heavy (non-hydrogen) atoms. The normalized spacial score (nSPS) is 18.3. The number of hydrogen-bond acceptors (Lipinski definition) is 4. The molecule has 1 aromatic carbocycles. The number of nitrogens with two attached hydrogens (primary N) is 1. The van der Waals surface area contributed by atoms with Crippen LogP contribution in [-0.4, -0.2) is 24.7 Å². The Bertz CT molecular complexity index is 488. The third-order valence-corrected chi connectivity index (χ3v) is 3.74.